The maximum absolute atomic E-state index is 11.2. The monoisotopic (exact) mass is 199 g/mol. The van der Waals surface area contributed by atoms with Crippen molar-refractivity contribution in [2.45, 2.75) is 12.8 Å². The molecule has 1 aliphatic rings. The Morgan fingerprint density at radius 2 is 2.20 bits per heavy atom. The number of aryl methyl sites for hydroxylation is 1. The fourth-order valence-corrected chi connectivity index (χ4v) is 1.86. The van der Waals surface area contributed by atoms with Gasteiger partial charge in [0.15, 0.2) is 0 Å². The summed E-state index contributed by atoms with van der Waals surface area (Å²) < 4.78 is 0. The molecule has 74 valence electrons. The number of hydrogen-bond donors (Lipinski definition) is 1. The molecule has 4 nitrogen and oxygen atoms in total. The van der Waals surface area contributed by atoms with E-state index in [0.29, 0.717) is 6.42 Å². The van der Waals surface area contributed by atoms with Crippen LogP contribution in [0.2, 0.25) is 0 Å². The molecule has 1 aliphatic heterocycles. The molecule has 0 aliphatic carbocycles. The average Bonchev–Trinajstić information content (AvgIpc) is 2.26. The molecule has 2 aromatic rings. The first-order valence-corrected chi connectivity index (χ1v) is 4.85. The zero-order chi connectivity index (χ0) is 10.3. The lowest BCUT2D eigenvalue weighted by Crippen LogP contribution is -2.18. The lowest BCUT2D eigenvalue weighted by molar-refractivity contribution is -0.116. The predicted octanol–water partition coefficient (Wildman–Crippen LogP) is 1.51. The first-order valence-electron chi connectivity index (χ1n) is 4.85. The van der Waals surface area contributed by atoms with Gasteiger partial charge in [-0.25, -0.2) is 9.97 Å². The number of hydrogen-bond acceptors (Lipinski definition) is 3. The van der Waals surface area contributed by atoms with Gasteiger partial charge in [-0.1, -0.05) is 0 Å². The first kappa shape index (κ1) is 8.35. The van der Waals surface area contributed by atoms with Gasteiger partial charge in [-0.05, 0) is 24.1 Å². The van der Waals surface area contributed by atoms with E-state index in [-0.39, 0.29) is 5.91 Å². The molecule has 1 aromatic carbocycles. The van der Waals surface area contributed by atoms with Crippen LogP contribution in [-0.2, 0) is 11.2 Å². The molecular weight excluding hydrogens is 190 g/mol. The Bertz CT molecular complexity index is 551. The Morgan fingerprint density at radius 1 is 1.27 bits per heavy atom. The summed E-state index contributed by atoms with van der Waals surface area (Å²) in [6.45, 7) is 0. The number of fused-ring (bicyclic) bond motifs is 2. The quantitative estimate of drug-likeness (QED) is 0.699. The lowest BCUT2D eigenvalue weighted by Gasteiger charge is -2.16. The van der Waals surface area contributed by atoms with Crippen molar-refractivity contribution in [3.8, 4) is 0 Å². The number of anilines is 1. The van der Waals surface area contributed by atoms with Crippen LogP contribution in [0, 0.1) is 0 Å². The van der Waals surface area contributed by atoms with Crippen molar-refractivity contribution in [3.63, 3.8) is 0 Å². The van der Waals surface area contributed by atoms with Crippen LogP contribution < -0.4 is 5.32 Å². The van der Waals surface area contributed by atoms with Gasteiger partial charge in [-0.2, -0.15) is 0 Å². The van der Waals surface area contributed by atoms with E-state index >= 15 is 0 Å². The second-order valence-corrected chi connectivity index (χ2v) is 3.64. The minimum atomic E-state index is 0.0821. The maximum atomic E-state index is 11.2. The zero-order valence-corrected chi connectivity index (χ0v) is 8.03. The predicted molar refractivity (Wildman–Crippen MR) is 56.5 cm³/mol. The van der Waals surface area contributed by atoms with Gasteiger partial charge in [0.1, 0.15) is 6.33 Å². The summed E-state index contributed by atoms with van der Waals surface area (Å²) in [5, 5.41) is 3.81. The van der Waals surface area contributed by atoms with Crippen LogP contribution in [0.1, 0.15) is 12.0 Å². The molecule has 2 heterocycles. The summed E-state index contributed by atoms with van der Waals surface area (Å²) in [5.74, 6) is 0.0821. The van der Waals surface area contributed by atoms with Crippen LogP contribution in [0.5, 0.6) is 0 Å². The Kier molecular flexibility index (Phi) is 1.68. The largest absolute Gasteiger partial charge is 0.326 e. The van der Waals surface area contributed by atoms with Gasteiger partial charge in [-0.15, -0.1) is 0 Å². The van der Waals surface area contributed by atoms with E-state index in [2.05, 4.69) is 15.3 Å². The molecule has 15 heavy (non-hydrogen) atoms. The van der Waals surface area contributed by atoms with Crippen molar-refractivity contribution in [2.75, 3.05) is 5.32 Å². The van der Waals surface area contributed by atoms with E-state index in [1.807, 2.05) is 12.1 Å². The lowest BCUT2D eigenvalue weighted by atomic mass is 10.0. The third-order valence-electron chi connectivity index (χ3n) is 2.63. The van der Waals surface area contributed by atoms with Crippen molar-refractivity contribution in [1.82, 2.24) is 9.97 Å². The molecule has 1 aromatic heterocycles. The number of nitrogens with zero attached hydrogens (tertiary/aromatic N) is 2. The van der Waals surface area contributed by atoms with Gasteiger partial charge in [0.2, 0.25) is 5.91 Å². The van der Waals surface area contributed by atoms with E-state index in [9.17, 15) is 4.79 Å². The van der Waals surface area contributed by atoms with Crippen molar-refractivity contribution in [3.05, 3.63) is 30.2 Å². The highest BCUT2D eigenvalue weighted by atomic mass is 16.1. The molecule has 1 amide bonds. The van der Waals surface area contributed by atoms with E-state index < -0.39 is 0 Å². The summed E-state index contributed by atoms with van der Waals surface area (Å²) in [7, 11) is 0. The fraction of sp³-hybridized carbons (Fsp3) is 0.182. The summed E-state index contributed by atoms with van der Waals surface area (Å²) in [6.07, 6.45) is 4.64. The third-order valence-corrected chi connectivity index (χ3v) is 2.63. The summed E-state index contributed by atoms with van der Waals surface area (Å²) in [6, 6.07) is 3.95. The van der Waals surface area contributed by atoms with Crippen LogP contribution >= 0.6 is 0 Å². The summed E-state index contributed by atoms with van der Waals surface area (Å²) in [5.41, 5.74) is 2.98. The van der Waals surface area contributed by atoms with Crippen molar-refractivity contribution in [1.29, 1.82) is 0 Å². The van der Waals surface area contributed by atoms with E-state index in [1.165, 1.54) is 6.33 Å². The standard InChI is InChI=1S/C11H9N3O/c15-11-2-1-7-3-9-8(4-10(7)14-11)5-12-6-13-9/h3-6H,1-2H2,(H,14,15). The van der Waals surface area contributed by atoms with Gasteiger partial charge < -0.3 is 5.32 Å². The van der Waals surface area contributed by atoms with Crippen molar-refractivity contribution >= 4 is 22.5 Å². The topological polar surface area (TPSA) is 54.9 Å². The first-order chi connectivity index (χ1) is 7.33. The van der Waals surface area contributed by atoms with Gasteiger partial charge in [0.05, 0.1) is 5.52 Å². The van der Waals surface area contributed by atoms with E-state index in [4.69, 9.17) is 0 Å². The Labute approximate surface area is 86.4 Å². The molecule has 0 atom stereocenters. The highest BCUT2D eigenvalue weighted by molar-refractivity contribution is 5.97. The fourth-order valence-electron chi connectivity index (χ4n) is 1.86. The van der Waals surface area contributed by atoms with Gasteiger partial charge in [-0.3, -0.25) is 4.79 Å². The molecular formula is C11H9N3O. The molecule has 3 rings (SSSR count). The van der Waals surface area contributed by atoms with Gasteiger partial charge in [0.25, 0.3) is 0 Å². The van der Waals surface area contributed by atoms with Gasteiger partial charge in [0, 0.05) is 23.7 Å². The molecule has 0 radical (unpaired) electrons. The highest BCUT2D eigenvalue weighted by Crippen LogP contribution is 2.26. The Morgan fingerprint density at radius 3 is 3.13 bits per heavy atom. The number of aromatic nitrogens is 2. The van der Waals surface area contributed by atoms with E-state index in [1.54, 1.807) is 6.20 Å². The normalized spacial score (nSPS) is 14.8. The SMILES string of the molecule is O=C1CCc2cc3ncncc3cc2N1. The van der Waals surface area contributed by atoms with Crippen LogP contribution in [0.25, 0.3) is 10.9 Å². The van der Waals surface area contributed by atoms with E-state index in [0.717, 1.165) is 28.6 Å². The second-order valence-electron chi connectivity index (χ2n) is 3.64. The van der Waals surface area contributed by atoms with Crippen LogP contribution in [0.4, 0.5) is 5.69 Å². The smallest absolute Gasteiger partial charge is 0.224 e. The van der Waals surface area contributed by atoms with Crippen molar-refractivity contribution < 1.29 is 4.79 Å². The number of amides is 1. The summed E-state index contributed by atoms with van der Waals surface area (Å²) >= 11 is 0. The molecule has 0 saturated heterocycles. The van der Waals surface area contributed by atoms with Crippen LogP contribution in [0.3, 0.4) is 0 Å². The average molecular weight is 199 g/mol. The number of nitrogens with one attached hydrogen (secondary N) is 1. The minimum absolute atomic E-state index is 0.0821. The van der Waals surface area contributed by atoms with Gasteiger partial charge >= 0.3 is 0 Å². The molecule has 0 unspecified atom stereocenters. The highest BCUT2D eigenvalue weighted by Gasteiger charge is 2.15. The number of carbonyl (C=O) groups excluding carboxylic acids is 1. The number of benzene rings is 1. The van der Waals surface area contributed by atoms with Crippen LogP contribution in [-0.4, -0.2) is 15.9 Å². The summed E-state index contributed by atoms with van der Waals surface area (Å²) in [4.78, 5) is 19.4. The molecule has 0 saturated carbocycles. The number of rotatable bonds is 0. The molecule has 0 spiro atoms. The molecule has 1 N–H and O–H groups in total. The molecule has 0 fully saturated rings. The second kappa shape index (κ2) is 3.02. The Balaban J connectivity index is 2.24. The molecule has 4 heteroatoms. The Hall–Kier alpha value is -1.97. The third kappa shape index (κ3) is 1.34. The zero-order valence-electron chi connectivity index (χ0n) is 8.03. The van der Waals surface area contributed by atoms with Crippen molar-refractivity contribution in [2.24, 2.45) is 0 Å². The minimum Gasteiger partial charge on any atom is -0.326 e. The maximum Gasteiger partial charge on any atom is 0.224 e. The number of carbonyl (C=O) groups is 1. The molecule has 0 bridgehead atoms. The van der Waals surface area contributed by atoms with Crippen LogP contribution in [0.15, 0.2) is 24.7 Å².